The van der Waals surface area contributed by atoms with Crippen LogP contribution in [0.4, 0.5) is 0 Å². The van der Waals surface area contributed by atoms with Crippen LogP contribution in [0, 0.1) is 11.8 Å². The number of ether oxygens (including phenoxy) is 2. The third kappa shape index (κ3) is 33.4. The minimum absolute atomic E-state index is 0.00838. The normalized spacial score (nSPS) is 15.8. The van der Waals surface area contributed by atoms with Crippen LogP contribution in [0.2, 0.25) is 0 Å². The van der Waals surface area contributed by atoms with E-state index in [1.54, 1.807) is 0 Å². The maximum atomic E-state index is 13.0. The molecule has 0 saturated carbocycles. The molecule has 1 aliphatic heterocycles. The van der Waals surface area contributed by atoms with Crippen LogP contribution in [0.25, 0.3) is 0 Å². The van der Waals surface area contributed by atoms with Crippen molar-refractivity contribution in [3.8, 4) is 0 Å². The molecule has 7 heteroatoms. The van der Waals surface area contributed by atoms with Crippen molar-refractivity contribution in [2.24, 2.45) is 11.8 Å². The summed E-state index contributed by atoms with van der Waals surface area (Å²) in [5.41, 5.74) is 0. The predicted molar refractivity (Wildman–Crippen MR) is 237 cm³/mol. The van der Waals surface area contributed by atoms with Gasteiger partial charge in [0.1, 0.15) is 0 Å². The minimum atomic E-state index is -0.614. The van der Waals surface area contributed by atoms with Crippen LogP contribution in [0.15, 0.2) is 0 Å². The molecule has 2 atom stereocenters. The van der Waals surface area contributed by atoms with E-state index in [-0.39, 0.29) is 37.2 Å². The van der Waals surface area contributed by atoms with Crippen LogP contribution in [-0.2, 0) is 23.9 Å². The summed E-state index contributed by atoms with van der Waals surface area (Å²) in [5, 5.41) is 2.97. The second kappa shape index (κ2) is 38.9. The number of esters is 2. The predicted octanol–water partition coefficient (Wildman–Crippen LogP) is 13.4. The molecule has 330 valence electrons. The molecule has 7 nitrogen and oxygen atoms in total. The Kier molecular flexibility index (Phi) is 36.4. The molecule has 0 bridgehead atoms. The Morgan fingerprint density at radius 3 is 1.02 bits per heavy atom. The Bertz CT molecular complexity index is 851. The van der Waals surface area contributed by atoms with Gasteiger partial charge in [0.2, 0.25) is 5.91 Å². The molecule has 1 N–H and O–H groups in total. The molecule has 1 saturated heterocycles. The molecule has 1 amide bonds. The highest BCUT2D eigenvalue weighted by Gasteiger charge is 2.28. The van der Waals surface area contributed by atoms with Gasteiger partial charge in [-0.3, -0.25) is 19.3 Å². The molecule has 0 radical (unpaired) electrons. The van der Waals surface area contributed by atoms with Gasteiger partial charge in [-0.25, -0.2) is 0 Å². The second-order valence-electron chi connectivity index (χ2n) is 17.9. The quantitative estimate of drug-likeness (QED) is 0.0490. The summed E-state index contributed by atoms with van der Waals surface area (Å²) in [6.07, 6.45) is 41.7. The number of hydrogen-bond donors (Lipinski definition) is 1. The SMILES string of the molecule is CCCCCCCCCCCCCCCCCCOC(=O)CC(CC(=O)OCCCCCCCCCCCCCCCCCC)NC(=O)CN1C[C@@H](C)[C@@H](C)C1. The molecule has 1 fully saturated rings. The first kappa shape index (κ1) is 52.4. The number of likely N-dealkylation sites (tertiary alicyclic amines) is 1. The molecule has 0 aliphatic carbocycles. The van der Waals surface area contributed by atoms with E-state index >= 15 is 0 Å². The van der Waals surface area contributed by atoms with Gasteiger partial charge in [-0.15, -0.1) is 0 Å². The van der Waals surface area contributed by atoms with Crippen molar-refractivity contribution in [3.05, 3.63) is 0 Å². The van der Waals surface area contributed by atoms with E-state index in [2.05, 4.69) is 37.9 Å². The number of unbranched alkanes of at least 4 members (excludes halogenated alkanes) is 30. The van der Waals surface area contributed by atoms with E-state index in [0.717, 1.165) is 38.8 Å². The highest BCUT2D eigenvalue weighted by molar-refractivity contribution is 5.81. The van der Waals surface area contributed by atoms with Gasteiger partial charge >= 0.3 is 11.9 Å². The molecule has 0 aromatic rings. The Hall–Kier alpha value is -1.63. The molecule has 0 aromatic heterocycles. The first-order valence-electron chi connectivity index (χ1n) is 24.7. The molecular formula is C49H94N2O5. The number of carbonyl (C=O) groups is 3. The van der Waals surface area contributed by atoms with E-state index in [9.17, 15) is 14.4 Å². The van der Waals surface area contributed by atoms with E-state index in [1.165, 1.54) is 180 Å². The van der Waals surface area contributed by atoms with Crippen LogP contribution >= 0.6 is 0 Å². The van der Waals surface area contributed by atoms with Crippen molar-refractivity contribution >= 4 is 17.8 Å². The van der Waals surface area contributed by atoms with Crippen LogP contribution in [0.3, 0.4) is 0 Å². The Labute approximate surface area is 347 Å². The molecule has 56 heavy (non-hydrogen) atoms. The maximum Gasteiger partial charge on any atom is 0.307 e. The summed E-state index contributed by atoms with van der Waals surface area (Å²) in [4.78, 5) is 40.7. The largest absolute Gasteiger partial charge is 0.466 e. The zero-order chi connectivity index (χ0) is 40.7. The van der Waals surface area contributed by atoms with E-state index in [4.69, 9.17) is 9.47 Å². The summed E-state index contributed by atoms with van der Waals surface area (Å²) in [5.74, 6) is 0.248. The van der Waals surface area contributed by atoms with Gasteiger partial charge in [0, 0.05) is 19.1 Å². The lowest BCUT2D eigenvalue weighted by molar-refractivity contribution is -0.146. The number of amides is 1. The molecule has 0 spiro atoms. The summed E-state index contributed by atoms with van der Waals surface area (Å²) < 4.78 is 11.1. The summed E-state index contributed by atoms with van der Waals surface area (Å²) in [6.45, 7) is 11.8. The van der Waals surface area contributed by atoms with Crippen molar-refractivity contribution < 1.29 is 23.9 Å². The van der Waals surface area contributed by atoms with Gasteiger partial charge in [-0.2, -0.15) is 0 Å². The van der Waals surface area contributed by atoms with Crippen molar-refractivity contribution in [2.45, 2.75) is 252 Å². The first-order valence-corrected chi connectivity index (χ1v) is 24.7. The lowest BCUT2D eigenvalue weighted by atomic mass is 10.0. The Balaban J connectivity index is 2.19. The molecule has 1 aliphatic rings. The zero-order valence-corrected chi connectivity index (χ0v) is 37.8. The molecule has 0 aromatic carbocycles. The van der Waals surface area contributed by atoms with Crippen molar-refractivity contribution in [2.75, 3.05) is 32.8 Å². The lowest BCUT2D eigenvalue weighted by Crippen LogP contribution is -2.43. The molecular weight excluding hydrogens is 697 g/mol. The number of hydrogen-bond acceptors (Lipinski definition) is 6. The first-order chi connectivity index (χ1) is 27.3. The van der Waals surface area contributed by atoms with Gasteiger partial charge in [-0.1, -0.05) is 220 Å². The fraction of sp³-hybridized carbons (Fsp3) is 0.939. The number of carbonyl (C=O) groups excluding carboxylic acids is 3. The Morgan fingerprint density at radius 1 is 0.464 bits per heavy atom. The summed E-state index contributed by atoms with van der Waals surface area (Å²) in [7, 11) is 0. The topological polar surface area (TPSA) is 84.9 Å². The maximum absolute atomic E-state index is 13.0. The number of nitrogens with one attached hydrogen (secondary N) is 1. The third-order valence-corrected chi connectivity index (χ3v) is 12.1. The summed E-state index contributed by atoms with van der Waals surface area (Å²) >= 11 is 0. The van der Waals surface area contributed by atoms with Crippen molar-refractivity contribution in [1.29, 1.82) is 0 Å². The van der Waals surface area contributed by atoms with E-state index < -0.39 is 6.04 Å². The molecule has 1 heterocycles. The minimum Gasteiger partial charge on any atom is -0.466 e. The highest BCUT2D eigenvalue weighted by atomic mass is 16.5. The zero-order valence-electron chi connectivity index (χ0n) is 37.8. The van der Waals surface area contributed by atoms with Crippen LogP contribution in [0.1, 0.15) is 246 Å². The Morgan fingerprint density at radius 2 is 0.732 bits per heavy atom. The molecule has 1 rings (SSSR count). The standard InChI is InChI=1S/C49H94N2O5/c1-5-7-9-11-13-15-17-19-21-23-25-27-29-31-33-35-37-55-48(53)39-46(50-47(52)43-51-41-44(3)45(4)42-51)40-49(54)56-38-36-34-32-30-28-26-24-22-20-18-16-14-12-10-8-6-2/h44-46H,5-43H2,1-4H3,(H,50,52)/t44-,45+. The average molecular weight is 791 g/mol. The molecule has 0 unspecified atom stereocenters. The van der Waals surface area contributed by atoms with Gasteiger partial charge in [-0.05, 0) is 24.7 Å². The second-order valence-corrected chi connectivity index (χ2v) is 17.9. The smallest absolute Gasteiger partial charge is 0.307 e. The highest BCUT2D eigenvalue weighted by Crippen LogP contribution is 2.22. The van der Waals surface area contributed by atoms with Crippen LogP contribution in [-0.4, -0.2) is 61.6 Å². The van der Waals surface area contributed by atoms with E-state index in [1.807, 2.05) is 0 Å². The average Bonchev–Trinajstić information content (AvgIpc) is 3.48. The summed E-state index contributed by atoms with van der Waals surface area (Å²) in [6, 6.07) is -0.614. The monoisotopic (exact) mass is 791 g/mol. The fourth-order valence-electron chi connectivity index (χ4n) is 8.22. The van der Waals surface area contributed by atoms with Gasteiger partial charge < -0.3 is 14.8 Å². The van der Waals surface area contributed by atoms with Crippen molar-refractivity contribution in [3.63, 3.8) is 0 Å². The third-order valence-electron chi connectivity index (χ3n) is 12.1. The van der Waals surface area contributed by atoms with Crippen LogP contribution < -0.4 is 5.32 Å². The lowest BCUT2D eigenvalue weighted by Gasteiger charge is -2.20. The number of nitrogens with zero attached hydrogens (tertiary/aromatic N) is 1. The van der Waals surface area contributed by atoms with Gasteiger partial charge in [0.15, 0.2) is 0 Å². The number of rotatable bonds is 41. The fourth-order valence-corrected chi connectivity index (χ4v) is 8.22. The van der Waals surface area contributed by atoms with E-state index in [0.29, 0.717) is 25.0 Å². The van der Waals surface area contributed by atoms with Gasteiger partial charge in [0.05, 0.1) is 32.6 Å². The van der Waals surface area contributed by atoms with Gasteiger partial charge in [0.25, 0.3) is 0 Å². The van der Waals surface area contributed by atoms with Crippen LogP contribution in [0.5, 0.6) is 0 Å². The van der Waals surface area contributed by atoms with Crippen molar-refractivity contribution in [1.82, 2.24) is 10.2 Å².